The molecule has 0 spiro atoms. The molecule has 0 aliphatic carbocycles. The molecule has 5 atom stereocenters. The monoisotopic (exact) mass is 518 g/mol. The highest BCUT2D eigenvalue weighted by molar-refractivity contribution is 5.90. The number of fused-ring (bicyclic) bond motifs is 1. The number of carbonyl (C=O) groups excluding carboxylic acids is 1. The molecule has 0 unspecified atom stereocenters. The lowest BCUT2D eigenvalue weighted by Crippen LogP contribution is -2.60. The summed E-state index contributed by atoms with van der Waals surface area (Å²) < 4.78 is 21.2. The van der Waals surface area contributed by atoms with Gasteiger partial charge in [-0.05, 0) is 17.7 Å². The quantitative estimate of drug-likeness (QED) is 0.181. The van der Waals surface area contributed by atoms with Crippen molar-refractivity contribution in [2.75, 3.05) is 6.61 Å². The molecule has 1 saturated heterocycles. The fraction of sp³-hybridized carbons (Fsp3) is 0.292. The molecule has 0 saturated carbocycles. The summed E-state index contributed by atoms with van der Waals surface area (Å²) in [5.41, 5.74) is -0.0752. The van der Waals surface area contributed by atoms with Gasteiger partial charge in [0.2, 0.25) is 11.7 Å². The van der Waals surface area contributed by atoms with E-state index in [1.807, 2.05) is 0 Å². The van der Waals surface area contributed by atoms with E-state index in [4.69, 9.17) is 23.7 Å². The molecule has 37 heavy (non-hydrogen) atoms. The van der Waals surface area contributed by atoms with Crippen LogP contribution in [0.4, 0.5) is 0 Å². The third-order valence-electron chi connectivity index (χ3n) is 5.63. The topological polar surface area (TPSA) is 213 Å². The van der Waals surface area contributed by atoms with Crippen LogP contribution >= 0.6 is 0 Å². The van der Waals surface area contributed by atoms with Crippen molar-refractivity contribution in [3.8, 4) is 28.4 Å². The zero-order chi connectivity index (χ0) is 26.9. The number of aliphatic hydroxyl groups excluding tert-OH is 3. The molecule has 2 heterocycles. The number of phenols is 2. The summed E-state index contributed by atoms with van der Waals surface area (Å²) in [6.45, 7) is -0.644. The Morgan fingerprint density at radius 1 is 0.973 bits per heavy atom. The molecule has 1 aromatic heterocycles. The van der Waals surface area contributed by atoms with Crippen molar-refractivity contribution < 1.29 is 58.9 Å². The minimum Gasteiger partial charge on any atom is -0.508 e. The lowest BCUT2D eigenvalue weighted by molar-refractivity contribution is -0.278. The highest BCUT2D eigenvalue weighted by Crippen LogP contribution is 2.33. The van der Waals surface area contributed by atoms with Crippen LogP contribution < -0.4 is 10.2 Å². The van der Waals surface area contributed by atoms with Gasteiger partial charge < -0.3 is 49.3 Å². The van der Waals surface area contributed by atoms with Crippen molar-refractivity contribution in [3.63, 3.8) is 0 Å². The number of phenolic OH excluding ortho intramolecular Hbond substituents is 2. The summed E-state index contributed by atoms with van der Waals surface area (Å²) in [4.78, 5) is 35.0. The molecule has 3 aromatic rings. The Morgan fingerprint density at radius 3 is 2.35 bits per heavy atom. The third-order valence-corrected chi connectivity index (χ3v) is 5.63. The second-order valence-electron chi connectivity index (χ2n) is 8.23. The lowest BCUT2D eigenvalue weighted by Gasteiger charge is -2.39. The second-order valence-corrected chi connectivity index (χ2v) is 8.23. The van der Waals surface area contributed by atoms with E-state index in [9.17, 15) is 39.9 Å². The first kappa shape index (κ1) is 25.9. The first-order valence-corrected chi connectivity index (χ1v) is 10.9. The van der Waals surface area contributed by atoms with Crippen LogP contribution in [0.1, 0.15) is 6.42 Å². The molecule has 1 aliphatic rings. The minimum absolute atomic E-state index is 0.00369. The normalized spacial score (nSPS) is 23.5. The molecule has 0 radical (unpaired) electrons. The largest absolute Gasteiger partial charge is 0.508 e. The molecule has 1 aliphatic heterocycles. The summed E-state index contributed by atoms with van der Waals surface area (Å²) in [5.74, 6) is -3.19. The van der Waals surface area contributed by atoms with Gasteiger partial charge in [0.25, 0.3) is 0 Å². The van der Waals surface area contributed by atoms with E-state index in [2.05, 4.69) is 0 Å². The average Bonchev–Trinajstić information content (AvgIpc) is 2.84. The van der Waals surface area contributed by atoms with E-state index in [0.29, 0.717) is 5.56 Å². The number of rotatable bonds is 7. The highest BCUT2D eigenvalue weighted by Gasteiger charge is 2.45. The zero-order valence-corrected chi connectivity index (χ0v) is 18.9. The summed E-state index contributed by atoms with van der Waals surface area (Å²) in [6.07, 6.45) is -8.04. The van der Waals surface area contributed by atoms with Gasteiger partial charge in [0.1, 0.15) is 71.9 Å². The van der Waals surface area contributed by atoms with Gasteiger partial charge in [-0.3, -0.25) is 14.4 Å². The van der Waals surface area contributed by atoms with Gasteiger partial charge in [-0.25, -0.2) is 0 Å². The molecule has 6 N–H and O–H groups in total. The molecular weight excluding hydrogens is 496 g/mol. The van der Waals surface area contributed by atoms with Crippen molar-refractivity contribution in [1.82, 2.24) is 0 Å². The smallest absolute Gasteiger partial charge is 0.317 e. The van der Waals surface area contributed by atoms with Crippen molar-refractivity contribution >= 4 is 22.9 Å². The predicted octanol–water partition coefficient (Wildman–Crippen LogP) is 0.0755. The van der Waals surface area contributed by atoms with E-state index in [-0.39, 0.29) is 28.0 Å². The summed E-state index contributed by atoms with van der Waals surface area (Å²) in [7, 11) is 0. The van der Waals surface area contributed by atoms with Gasteiger partial charge in [0.05, 0.1) is 5.56 Å². The first-order valence-electron chi connectivity index (χ1n) is 10.9. The molecule has 196 valence electrons. The zero-order valence-electron chi connectivity index (χ0n) is 18.9. The number of aromatic hydroxyl groups is 2. The fourth-order valence-corrected chi connectivity index (χ4v) is 3.75. The maximum atomic E-state index is 13.0. The Morgan fingerprint density at radius 2 is 1.68 bits per heavy atom. The average molecular weight is 518 g/mol. The van der Waals surface area contributed by atoms with Crippen molar-refractivity contribution in [2.45, 2.75) is 37.1 Å². The van der Waals surface area contributed by atoms with Gasteiger partial charge in [0, 0.05) is 12.1 Å². The van der Waals surface area contributed by atoms with Gasteiger partial charge in [0.15, 0.2) is 0 Å². The van der Waals surface area contributed by atoms with Gasteiger partial charge >= 0.3 is 11.9 Å². The van der Waals surface area contributed by atoms with Crippen LogP contribution in [-0.2, 0) is 19.1 Å². The first-order chi connectivity index (χ1) is 17.5. The number of carbonyl (C=O) groups is 2. The van der Waals surface area contributed by atoms with Crippen molar-refractivity contribution in [2.24, 2.45) is 0 Å². The lowest BCUT2D eigenvalue weighted by atomic mass is 9.99. The van der Waals surface area contributed by atoms with E-state index in [1.165, 1.54) is 30.3 Å². The highest BCUT2D eigenvalue weighted by atomic mass is 16.7. The van der Waals surface area contributed by atoms with Gasteiger partial charge in [-0.15, -0.1) is 0 Å². The van der Waals surface area contributed by atoms with E-state index >= 15 is 0 Å². The van der Waals surface area contributed by atoms with E-state index < -0.39 is 66.9 Å². The maximum absolute atomic E-state index is 13.0. The summed E-state index contributed by atoms with van der Waals surface area (Å²) >= 11 is 0. The number of aliphatic carboxylic acids is 1. The number of hydrogen-bond donors (Lipinski definition) is 6. The Balaban J connectivity index is 1.56. The summed E-state index contributed by atoms with van der Waals surface area (Å²) in [6, 6.07) is 8.05. The van der Waals surface area contributed by atoms with Gasteiger partial charge in [-0.2, -0.15) is 0 Å². The maximum Gasteiger partial charge on any atom is 0.317 e. The van der Waals surface area contributed by atoms with E-state index in [0.717, 1.165) is 12.3 Å². The number of ether oxygens (including phenoxy) is 3. The Bertz CT molecular complexity index is 1360. The van der Waals surface area contributed by atoms with Crippen LogP contribution in [0, 0.1) is 0 Å². The van der Waals surface area contributed by atoms with Crippen LogP contribution in [0.2, 0.25) is 0 Å². The summed E-state index contributed by atoms with van der Waals surface area (Å²) in [5, 5.41) is 59.0. The molecular formula is C24H22O13. The van der Waals surface area contributed by atoms with Crippen molar-refractivity contribution in [1.29, 1.82) is 0 Å². The number of aliphatic hydroxyl groups is 3. The standard InChI is InChI=1S/C24H22O13/c25-11-3-1-10(2-4-11)13-8-34-15-6-12(5-14(26)19(15)20(13)30)36-24-23(33)22(32)21(31)16(37-24)9-35-18(29)7-17(27)28/h1-6,8,16,21-26,31-33H,7,9H2,(H,27,28)/t16-,21-,22+,23-,24+/m1/s1. The van der Waals surface area contributed by atoms with E-state index in [1.54, 1.807) is 0 Å². The molecule has 1 fully saturated rings. The van der Waals surface area contributed by atoms with Crippen LogP contribution in [0.5, 0.6) is 17.2 Å². The molecule has 0 amide bonds. The second kappa shape index (κ2) is 10.4. The number of carboxylic acids is 1. The third kappa shape index (κ3) is 5.49. The Hall–Kier alpha value is -4.17. The number of esters is 1. The predicted molar refractivity (Wildman–Crippen MR) is 122 cm³/mol. The van der Waals surface area contributed by atoms with Crippen LogP contribution in [0.3, 0.4) is 0 Å². The SMILES string of the molecule is O=C(O)CC(=O)OC[C@H]1O[C@H](Oc2cc(O)c3c(=O)c(-c4ccc(O)cc4)coc3c2)[C@H](O)[C@@H](O)[C@@H]1O. The van der Waals surface area contributed by atoms with Crippen LogP contribution in [-0.4, -0.2) is 79.9 Å². The molecule has 13 nitrogen and oxygen atoms in total. The molecule has 2 aromatic carbocycles. The van der Waals surface area contributed by atoms with Crippen LogP contribution in [0.15, 0.2) is 51.9 Å². The Labute approximate surface area is 207 Å². The number of benzene rings is 2. The van der Waals surface area contributed by atoms with Crippen LogP contribution in [0.25, 0.3) is 22.1 Å². The number of hydrogen-bond acceptors (Lipinski definition) is 12. The molecule has 13 heteroatoms. The number of carboxylic acid groups (broad SMARTS) is 1. The van der Waals surface area contributed by atoms with Crippen molar-refractivity contribution in [3.05, 3.63) is 52.9 Å². The minimum atomic E-state index is -1.79. The Kier molecular flexibility index (Phi) is 7.31. The molecule has 0 bridgehead atoms. The molecule has 4 rings (SSSR count). The van der Waals surface area contributed by atoms with Gasteiger partial charge in [-0.1, -0.05) is 12.1 Å². The fourth-order valence-electron chi connectivity index (χ4n) is 3.75.